The summed E-state index contributed by atoms with van der Waals surface area (Å²) in [4.78, 5) is 11.9. The highest BCUT2D eigenvalue weighted by molar-refractivity contribution is 7.89. The topological polar surface area (TPSA) is 106 Å². The maximum atomic E-state index is 13.2. The quantitative estimate of drug-likeness (QED) is 0.606. The SMILES string of the molecule is C[C@@H]([NH2+]CC(=O)NCCc1ccc(S(N)(=O)=O)cc1)c1ccc(F)c(F)c1. The molecule has 1 amide bonds. The minimum absolute atomic E-state index is 0.0381. The monoisotopic (exact) mass is 398 g/mol. The summed E-state index contributed by atoms with van der Waals surface area (Å²) >= 11 is 0. The number of sulfonamides is 1. The molecule has 9 heteroatoms. The first kappa shape index (κ1) is 20.9. The number of primary sulfonamides is 1. The van der Waals surface area contributed by atoms with Crippen molar-refractivity contribution in [3.63, 3.8) is 0 Å². The zero-order chi connectivity index (χ0) is 20.0. The molecule has 27 heavy (non-hydrogen) atoms. The fraction of sp³-hybridized carbons (Fsp3) is 0.278. The van der Waals surface area contributed by atoms with E-state index in [4.69, 9.17) is 5.14 Å². The number of rotatable bonds is 8. The van der Waals surface area contributed by atoms with Crippen LogP contribution >= 0.6 is 0 Å². The van der Waals surface area contributed by atoms with Crippen molar-refractivity contribution < 1.29 is 27.3 Å². The summed E-state index contributed by atoms with van der Waals surface area (Å²) in [6.07, 6.45) is 0.537. The molecule has 1 atom stereocenters. The molecule has 0 radical (unpaired) electrons. The van der Waals surface area contributed by atoms with E-state index in [1.54, 1.807) is 24.4 Å². The summed E-state index contributed by atoms with van der Waals surface area (Å²) in [5.74, 6) is -2.00. The van der Waals surface area contributed by atoms with E-state index in [0.717, 1.165) is 17.7 Å². The smallest absolute Gasteiger partial charge is 0.275 e. The summed E-state index contributed by atoms with van der Waals surface area (Å²) in [5, 5.41) is 9.52. The van der Waals surface area contributed by atoms with Crippen molar-refractivity contribution in [2.75, 3.05) is 13.1 Å². The van der Waals surface area contributed by atoms with Crippen molar-refractivity contribution in [3.05, 3.63) is 65.2 Å². The number of halogens is 2. The predicted octanol–water partition coefficient (Wildman–Crippen LogP) is 0.596. The molecule has 2 aromatic rings. The number of nitrogens with two attached hydrogens (primary N) is 2. The van der Waals surface area contributed by atoms with Gasteiger partial charge in [-0.25, -0.2) is 22.3 Å². The Morgan fingerprint density at radius 1 is 1.15 bits per heavy atom. The van der Waals surface area contributed by atoms with Crippen LogP contribution in [0, 0.1) is 11.6 Å². The van der Waals surface area contributed by atoms with Gasteiger partial charge in [-0.15, -0.1) is 0 Å². The largest absolute Gasteiger partial charge is 0.351 e. The van der Waals surface area contributed by atoms with Crippen molar-refractivity contribution in [1.29, 1.82) is 0 Å². The van der Waals surface area contributed by atoms with Gasteiger partial charge in [0.25, 0.3) is 5.91 Å². The van der Waals surface area contributed by atoms with Gasteiger partial charge in [-0.05, 0) is 49.2 Å². The van der Waals surface area contributed by atoms with Crippen LogP contribution in [-0.2, 0) is 21.2 Å². The van der Waals surface area contributed by atoms with Crippen molar-refractivity contribution >= 4 is 15.9 Å². The van der Waals surface area contributed by atoms with E-state index >= 15 is 0 Å². The zero-order valence-electron chi connectivity index (χ0n) is 14.8. The lowest BCUT2D eigenvalue weighted by Crippen LogP contribution is -2.87. The number of amides is 1. The molecule has 2 rings (SSSR count). The molecular formula is C18H22F2N3O3S+. The number of carbonyl (C=O) groups is 1. The van der Waals surface area contributed by atoms with Crippen LogP contribution < -0.4 is 15.8 Å². The number of hydrogen-bond acceptors (Lipinski definition) is 3. The van der Waals surface area contributed by atoms with E-state index in [1.807, 2.05) is 0 Å². The second-order valence-electron chi connectivity index (χ2n) is 6.19. The molecule has 0 aliphatic carbocycles. The number of nitrogens with one attached hydrogen (secondary N) is 1. The summed E-state index contributed by atoms with van der Waals surface area (Å²) < 4.78 is 48.6. The van der Waals surface area contributed by atoms with Crippen LogP contribution in [0.25, 0.3) is 0 Å². The predicted molar refractivity (Wildman–Crippen MR) is 96.1 cm³/mol. The van der Waals surface area contributed by atoms with E-state index in [0.29, 0.717) is 18.5 Å². The van der Waals surface area contributed by atoms with Crippen LogP contribution in [-0.4, -0.2) is 27.4 Å². The normalized spacial score (nSPS) is 12.6. The van der Waals surface area contributed by atoms with Gasteiger partial charge in [0.2, 0.25) is 10.0 Å². The number of hydrogen-bond donors (Lipinski definition) is 3. The Morgan fingerprint density at radius 2 is 1.81 bits per heavy atom. The molecule has 0 aliphatic heterocycles. The Bertz CT molecular complexity index is 903. The molecular weight excluding hydrogens is 376 g/mol. The average molecular weight is 398 g/mol. The standard InChI is InChI=1S/C18H21F2N3O3S/c1-12(14-4-7-16(19)17(20)10-14)23-11-18(24)22-9-8-13-2-5-15(6-3-13)27(21,25)26/h2-7,10,12,23H,8-9,11H2,1H3,(H,22,24)(H2,21,25,26)/p+1/t12-/m1/s1. The van der Waals surface area contributed by atoms with Gasteiger partial charge in [0.15, 0.2) is 18.2 Å². The highest BCUT2D eigenvalue weighted by atomic mass is 32.2. The van der Waals surface area contributed by atoms with Crippen LogP contribution in [0.3, 0.4) is 0 Å². The summed E-state index contributed by atoms with van der Waals surface area (Å²) in [6, 6.07) is 9.61. The van der Waals surface area contributed by atoms with Crippen LogP contribution in [0.15, 0.2) is 47.4 Å². The molecule has 146 valence electrons. The van der Waals surface area contributed by atoms with E-state index in [9.17, 15) is 22.0 Å². The average Bonchev–Trinajstić information content (AvgIpc) is 2.61. The van der Waals surface area contributed by atoms with Crippen LogP contribution in [0.5, 0.6) is 0 Å². The summed E-state index contributed by atoms with van der Waals surface area (Å²) in [5.41, 5.74) is 1.46. The fourth-order valence-electron chi connectivity index (χ4n) is 2.48. The molecule has 0 saturated heterocycles. The molecule has 0 heterocycles. The third-order valence-electron chi connectivity index (χ3n) is 4.11. The Kier molecular flexibility index (Phi) is 7.00. The number of carbonyl (C=O) groups excluding carboxylic acids is 1. The number of quaternary nitrogens is 1. The van der Waals surface area contributed by atoms with Gasteiger partial charge in [0.05, 0.1) is 4.90 Å². The Balaban J connectivity index is 1.75. The van der Waals surface area contributed by atoms with E-state index in [2.05, 4.69) is 5.32 Å². The summed E-state index contributed by atoms with van der Waals surface area (Å²) in [6.45, 7) is 2.33. The first-order chi connectivity index (χ1) is 12.7. The lowest BCUT2D eigenvalue weighted by atomic mass is 10.1. The maximum absolute atomic E-state index is 13.2. The van der Waals surface area contributed by atoms with Crippen molar-refractivity contribution in [2.45, 2.75) is 24.3 Å². The molecule has 0 spiro atoms. The van der Waals surface area contributed by atoms with Gasteiger partial charge >= 0.3 is 0 Å². The molecule has 0 bridgehead atoms. The Hall–Kier alpha value is -2.36. The highest BCUT2D eigenvalue weighted by Crippen LogP contribution is 2.13. The van der Waals surface area contributed by atoms with E-state index < -0.39 is 21.7 Å². The molecule has 6 nitrogen and oxygen atoms in total. The first-order valence-electron chi connectivity index (χ1n) is 8.33. The van der Waals surface area contributed by atoms with Gasteiger partial charge in [0.1, 0.15) is 6.04 Å². The zero-order valence-corrected chi connectivity index (χ0v) is 15.6. The lowest BCUT2D eigenvalue weighted by Gasteiger charge is -2.11. The molecule has 0 saturated carbocycles. The third kappa shape index (κ3) is 6.38. The maximum Gasteiger partial charge on any atom is 0.275 e. The molecule has 0 fully saturated rings. The Morgan fingerprint density at radius 3 is 2.41 bits per heavy atom. The lowest BCUT2D eigenvalue weighted by molar-refractivity contribution is -0.682. The number of benzene rings is 2. The van der Waals surface area contributed by atoms with Crippen LogP contribution in [0.2, 0.25) is 0 Å². The Labute approximate surface area is 156 Å². The van der Waals surface area contributed by atoms with Gasteiger partial charge in [-0.3, -0.25) is 4.79 Å². The van der Waals surface area contributed by atoms with E-state index in [-0.39, 0.29) is 23.4 Å². The molecule has 0 aromatic heterocycles. The van der Waals surface area contributed by atoms with Crippen LogP contribution in [0.4, 0.5) is 8.78 Å². The second kappa shape index (κ2) is 9.03. The second-order valence-corrected chi connectivity index (χ2v) is 7.75. The first-order valence-corrected chi connectivity index (χ1v) is 9.88. The van der Waals surface area contributed by atoms with Gasteiger partial charge in [-0.2, -0.15) is 0 Å². The van der Waals surface area contributed by atoms with Crippen molar-refractivity contribution in [3.8, 4) is 0 Å². The molecule has 0 aliphatic rings. The van der Waals surface area contributed by atoms with Gasteiger partial charge in [-0.1, -0.05) is 12.1 Å². The van der Waals surface area contributed by atoms with Gasteiger partial charge < -0.3 is 10.6 Å². The van der Waals surface area contributed by atoms with Crippen LogP contribution in [0.1, 0.15) is 24.1 Å². The highest BCUT2D eigenvalue weighted by Gasteiger charge is 2.13. The summed E-state index contributed by atoms with van der Waals surface area (Å²) in [7, 11) is -3.72. The van der Waals surface area contributed by atoms with Crippen molar-refractivity contribution in [2.24, 2.45) is 5.14 Å². The molecule has 5 N–H and O–H groups in total. The van der Waals surface area contributed by atoms with Gasteiger partial charge in [0, 0.05) is 12.1 Å². The van der Waals surface area contributed by atoms with E-state index in [1.165, 1.54) is 18.2 Å². The molecule has 2 aromatic carbocycles. The fourth-order valence-corrected chi connectivity index (χ4v) is 3.00. The minimum atomic E-state index is -3.72. The van der Waals surface area contributed by atoms with Crippen molar-refractivity contribution in [1.82, 2.24) is 5.32 Å². The molecule has 0 unspecified atom stereocenters. The third-order valence-corrected chi connectivity index (χ3v) is 5.04. The minimum Gasteiger partial charge on any atom is -0.351 e.